The lowest BCUT2D eigenvalue weighted by Crippen LogP contribution is -2.26. The average Bonchev–Trinajstić information content (AvgIpc) is 2.39. The summed E-state index contributed by atoms with van der Waals surface area (Å²) in [5.41, 5.74) is 0.440. The molecule has 0 bridgehead atoms. The molecule has 0 aromatic heterocycles. The molecule has 1 fully saturated rings. The van der Waals surface area contributed by atoms with Crippen molar-refractivity contribution in [2.45, 2.75) is 18.9 Å². The number of hydrogen-bond donors (Lipinski definition) is 1. The van der Waals surface area contributed by atoms with Gasteiger partial charge in [-0.05, 0) is 30.7 Å². The third-order valence-electron chi connectivity index (χ3n) is 2.86. The SMILES string of the molecule is N#Cc1cccc(NC2CCCSC2)c1[N+](=O)[O-]. The summed E-state index contributed by atoms with van der Waals surface area (Å²) in [6, 6.07) is 6.92. The number of hydrogen-bond acceptors (Lipinski definition) is 5. The molecule has 1 N–H and O–H groups in total. The van der Waals surface area contributed by atoms with Crippen LogP contribution in [0.4, 0.5) is 11.4 Å². The van der Waals surface area contributed by atoms with Crippen molar-refractivity contribution in [2.75, 3.05) is 16.8 Å². The van der Waals surface area contributed by atoms with Gasteiger partial charge in [0, 0.05) is 11.8 Å². The van der Waals surface area contributed by atoms with E-state index in [0.29, 0.717) is 5.69 Å². The molecule has 1 saturated heterocycles. The standard InChI is InChI=1S/C12H13N3O2S/c13-7-9-3-1-5-11(12(9)15(16)17)14-10-4-2-6-18-8-10/h1,3,5,10,14H,2,4,6,8H2. The van der Waals surface area contributed by atoms with Gasteiger partial charge in [0.05, 0.1) is 4.92 Å². The number of nitro groups is 1. The Kier molecular flexibility index (Phi) is 4.05. The lowest BCUT2D eigenvalue weighted by Gasteiger charge is -2.23. The van der Waals surface area contributed by atoms with E-state index in [9.17, 15) is 10.1 Å². The Bertz CT molecular complexity index is 493. The van der Waals surface area contributed by atoms with Crippen LogP contribution in [0.25, 0.3) is 0 Å². The Labute approximate surface area is 109 Å². The maximum absolute atomic E-state index is 11.1. The fourth-order valence-corrected chi connectivity index (χ4v) is 3.09. The Morgan fingerprint density at radius 1 is 1.56 bits per heavy atom. The van der Waals surface area contributed by atoms with Gasteiger partial charge in [0.1, 0.15) is 17.3 Å². The van der Waals surface area contributed by atoms with E-state index in [1.165, 1.54) is 6.07 Å². The zero-order valence-electron chi connectivity index (χ0n) is 9.76. The summed E-state index contributed by atoms with van der Waals surface area (Å²) >= 11 is 1.85. The molecule has 2 rings (SSSR count). The largest absolute Gasteiger partial charge is 0.376 e. The first kappa shape index (κ1) is 12.7. The van der Waals surface area contributed by atoms with Gasteiger partial charge < -0.3 is 5.32 Å². The number of nitrogens with zero attached hydrogens (tertiary/aromatic N) is 2. The van der Waals surface area contributed by atoms with E-state index in [0.717, 1.165) is 24.3 Å². The van der Waals surface area contributed by atoms with Crippen LogP contribution in [0.15, 0.2) is 18.2 Å². The molecule has 0 saturated carbocycles. The second-order valence-electron chi connectivity index (χ2n) is 4.13. The molecule has 94 valence electrons. The lowest BCUT2D eigenvalue weighted by molar-refractivity contribution is -0.384. The van der Waals surface area contributed by atoms with Crippen molar-refractivity contribution < 1.29 is 4.92 Å². The first-order chi connectivity index (χ1) is 8.72. The zero-order chi connectivity index (χ0) is 13.0. The topological polar surface area (TPSA) is 79.0 Å². The summed E-state index contributed by atoms with van der Waals surface area (Å²) in [6.07, 6.45) is 2.13. The number of para-hydroxylation sites is 1. The highest BCUT2D eigenvalue weighted by molar-refractivity contribution is 7.99. The van der Waals surface area contributed by atoms with Crippen LogP contribution in [0.5, 0.6) is 0 Å². The van der Waals surface area contributed by atoms with E-state index in [1.807, 2.05) is 17.8 Å². The Morgan fingerprint density at radius 3 is 3.00 bits per heavy atom. The smallest absolute Gasteiger partial charge is 0.309 e. The van der Waals surface area contributed by atoms with Gasteiger partial charge >= 0.3 is 5.69 Å². The number of rotatable bonds is 3. The first-order valence-corrected chi connectivity index (χ1v) is 6.89. The summed E-state index contributed by atoms with van der Waals surface area (Å²) in [5.74, 6) is 2.10. The van der Waals surface area contributed by atoms with Crippen molar-refractivity contribution in [3.05, 3.63) is 33.9 Å². The van der Waals surface area contributed by atoms with Gasteiger partial charge in [-0.3, -0.25) is 10.1 Å². The highest BCUT2D eigenvalue weighted by Crippen LogP contribution is 2.30. The van der Waals surface area contributed by atoms with Gasteiger partial charge in [0.2, 0.25) is 0 Å². The number of anilines is 1. The van der Waals surface area contributed by atoms with Crippen LogP contribution in [0, 0.1) is 21.4 Å². The molecular formula is C12H13N3O2S. The van der Waals surface area contributed by atoms with Crippen LogP contribution in [0.3, 0.4) is 0 Å². The molecule has 1 aliphatic heterocycles. The van der Waals surface area contributed by atoms with Crippen molar-refractivity contribution in [3.63, 3.8) is 0 Å². The molecule has 6 heteroatoms. The number of nitro benzene ring substituents is 1. The molecule has 0 aliphatic carbocycles. The average molecular weight is 263 g/mol. The monoisotopic (exact) mass is 263 g/mol. The van der Waals surface area contributed by atoms with Crippen LogP contribution >= 0.6 is 11.8 Å². The summed E-state index contributed by atoms with van der Waals surface area (Å²) in [6.45, 7) is 0. The molecule has 1 heterocycles. The van der Waals surface area contributed by atoms with Gasteiger partial charge in [-0.1, -0.05) is 6.07 Å². The van der Waals surface area contributed by atoms with E-state index in [1.54, 1.807) is 12.1 Å². The van der Waals surface area contributed by atoms with Gasteiger partial charge in [-0.15, -0.1) is 0 Å². The van der Waals surface area contributed by atoms with Gasteiger partial charge in [-0.2, -0.15) is 17.0 Å². The fraction of sp³-hybridized carbons (Fsp3) is 0.417. The molecular weight excluding hydrogens is 250 g/mol. The lowest BCUT2D eigenvalue weighted by atomic mass is 10.1. The van der Waals surface area contributed by atoms with E-state index < -0.39 is 4.92 Å². The normalized spacial score (nSPS) is 18.9. The molecule has 0 radical (unpaired) electrons. The van der Waals surface area contributed by atoms with Crippen molar-refractivity contribution in [1.82, 2.24) is 0 Å². The minimum absolute atomic E-state index is 0.105. The van der Waals surface area contributed by atoms with Crippen LogP contribution in [0.2, 0.25) is 0 Å². The molecule has 1 aromatic carbocycles. The molecule has 0 amide bonds. The number of thioether (sulfide) groups is 1. The quantitative estimate of drug-likeness (QED) is 0.670. The van der Waals surface area contributed by atoms with Crippen molar-refractivity contribution in [3.8, 4) is 6.07 Å². The zero-order valence-corrected chi connectivity index (χ0v) is 10.6. The first-order valence-electron chi connectivity index (χ1n) is 5.74. The molecule has 18 heavy (non-hydrogen) atoms. The minimum atomic E-state index is -0.489. The predicted octanol–water partition coefficient (Wildman–Crippen LogP) is 2.77. The number of benzene rings is 1. The number of nitriles is 1. The van der Waals surface area contributed by atoms with Crippen molar-refractivity contribution in [1.29, 1.82) is 5.26 Å². The second kappa shape index (κ2) is 5.74. The highest BCUT2D eigenvalue weighted by Gasteiger charge is 2.22. The van der Waals surface area contributed by atoms with Crippen LogP contribution in [-0.4, -0.2) is 22.5 Å². The molecule has 1 aliphatic rings. The van der Waals surface area contributed by atoms with E-state index in [2.05, 4.69) is 5.32 Å². The second-order valence-corrected chi connectivity index (χ2v) is 5.28. The van der Waals surface area contributed by atoms with Gasteiger partial charge in [0.15, 0.2) is 0 Å². The van der Waals surface area contributed by atoms with Crippen LogP contribution < -0.4 is 5.32 Å². The Morgan fingerprint density at radius 2 is 2.39 bits per heavy atom. The van der Waals surface area contributed by atoms with E-state index in [4.69, 9.17) is 5.26 Å². The summed E-state index contributed by atoms with van der Waals surface area (Å²) in [7, 11) is 0. The molecule has 1 atom stereocenters. The van der Waals surface area contributed by atoms with Crippen molar-refractivity contribution in [2.24, 2.45) is 0 Å². The molecule has 5 nitrogen and oxygen atoms in total. The number of nitrogens with one attached hydrogen (secondary N) is 1. The van der Waals surface area contributed by atoms with Crippen LogP contribution in [0.1, 0.15) is 18.4 Å². The summed E-state index contributed by atoms with van der Waals surface area (Å²) < 4.78 is 0. The highest BCUT2D eigenvalue weighted by atomic mass is 32.2. The maximum atomic E-state index is 11.1. The maximum Gasteiger partial charge on any atom is 0.309 e. The summed E-state index contributed by atoms with van der Waals surface area (Å²) in [5, 5.41) is 23.2. The summed E-state index contributed by atoms with van der Waals surface area (Å²) in [4.78, 5) is 10.6. The Hall–Kier alpha value is -1.74. The third-order valence-corrected chi connectivity index (χ3v) is 4.07. The van der Waals surface area contributed by atoms with E-state index >= 15 is 0 Å². The fourth-order valence-electron chi connectivity index (χ4n) is 2.02. The van der Waals surface area contributed by atoms with Gasteiger partial charge in [0.25, 0.3) is 0 Å². The van der Waals surface area contributed by atoms with Crippen LogP contribution in [-0.2, 0) is 0 Å². The molecule has 0 spiro atoms. The minimum Gasteiger partial charge on any atom is -0.376 e. The molecule has 1 aromatic rings. The Balaban J connectivity index is 2.26. The van der Waals surface area contributed by atoms with Gasteiger partial charge in [-0.25, -0.2) is 0 Å². The van der Waals surface area contributed by atoms with E-state index in [-0.39, 0.29) is 17.3 Å². The van der Waals surface area contributed by atoms with Crippen molar-refractivity contribution >= 4 is 23.1 Å². The molecule has 1 unspecified atom stereocenters. The third kappa shape index (κ3) is 2.74. The predicted molar refractivity (Wildman–Crippen MR) is 71.8 cm³/mol.